The Morgan fingerprint density at radius 3 is 2.46 bits per heavy atom. The fourth-order valence-electron chi connectivity index (χ4n) is 3.32. The van der Waals surface area contributed by atoms with Crippen molar-refractivity contribution in [3.63, 3.8) is 0 Å². The smallest absolute Gasteiger partial charge is 0.162 e. The monoisotopic (exact) mass is 375 g/mol. The number of hydrogen-bond donors (Lipinski definition) is 1. The van der Waals surface area contributed by atoms with Gasteiger partial charge in [0.2, 0.25) is 0 Å². The van der Waals surface area contributed by atoms with Crippen molar-refractivity contribution in [2.45, 2.75) is 6.92 Å². The van der Waals surface area contributed by atoms with E-state index in [1.165, 1.54) is 0 Å². The van der Waals surface area contributed by atoms with E-state index in [9.17, 15) is 0 Å². The maximum absolute atomic E-state index is 6.27. The molecular weight excluding hydrogens is 354 g/mol. The zero-order valence-corrected chi connectivity index (χ0v) is 16.0. The lowest BCUT2D eigenvalue weighted by Gasteiger charge is -2.12. The molecule has 2 N–H and O–H groups in total. The number of hydrogen-bond acceptors (Lipinski definition) is 6. The molecule has 0 radical (unpaired) electrons. The van der Waals surface area contributed by atoms with E-state index in [1.54, 1.807) is 20.4 Å². The predicted molar refractivity (Wildman–Crippen MR) is 111 cm³/mol. The van der Waals surface area contributed by atoms with Gasteiger partial charge in [-0.1, -0.05) is 12.1 Å². The molecule has 0 spiro atoms. The van der Waals surface area contributed by atoms with Gasteiger partial charge in [-0.2, -0.15) is 0 Å². The maximum Gasteiger partial charge on any atom is 0.162 e. The molecule has 0 unspecified atom stereocenters. The van der Waals surface area contributed by atoms with E-state index in [0.29, 0.717) is 23.9 Å². The molecule has 0 saturated carbocycles. The summed E-state index contributed by atoms with van der Waals surface area (Å²) in [5, 5.41) is 2.67. The second-order valence-electron chi connectivity index (χ2n) is 6.30. The van der Waals surface area contributed by atoms with Crippen LogP contribution in [-0.4, -0.2) is 30.8 Å². The summed E-state index contributed by atoms with van der Waals surface area (Å²) in [6, 6.07) is 13.6. The molecule has 6 heteroatoms. The molecule has 0 aliphatic carbocycles. The van der Waals surface area contributed by atoms with Crippen LogP contribution < -0.4 is 19.9 Å². The van der Waals surface area contributed by atoms with Crippen molar-refractivity contribution in [3.05, 3.63) is 48.7 Å². The minimum absolute atomic E-state index is 0.429. The SMILES string of the molecule is CCOc1cccc(-c2cc3c(cnc4cc(OC)c(OC)cc43)c(N)n2)c1. The highest BCUT2D eigenvalue weighted by Gasteiger charge is 2.13. The zero-order chi connectivity index (χ0) is 19.7. The molecule has 0 saturated heterocycles. The number of ether oxygens (including phenoxy) is 3. The van der Waals surface area contributed by atoms with Gasteiger partial charge in [0.1, 0.15) is 11.6 Å². The first-order chi connectivity index (χ1) is 13.6. The number of nitrogen functional groups attached to an aromatic ring is 1. The van der Waals surface area contributed by atoms with E-state index in [1.807, 2.05) is 49.4 Å². The Morgan fingerprint density at radius 2 is 1.71 bits per heavy atom. The molecule has 0 fully saturated rings. The lowest BCUT2D eigenvalue weighted by Crippen LogP contribution is -1.97. The highest BCUT2D eigenvalue weighted by molar-refractivity contribution is 6.10. The molecule has 2 aromatic heterocycles. The number of anilines is 1. The topological polar surface area (TPSA) is 79.5 Å². The van der Waals surface area contributed by atoms with Crippen molar-refractivity contribution in [2.75, 3.05) is 26.6 Å². The van der Waals surface area contributed by atoms with Crippen molar-refractivity contribution in [1.82, 2.24) is 9.97 Å². The minimum Gasteiger partial charge on any atom is -0.494 e. The molecule has 4 aromatic rings. The molecule has 142 valence electrons. The van der Waals surface area contributed by atoms with Gasteiger partial charge in [0.05, 0.1) is 32.0 Å². The van der Waals surface area contributed by atoms with Gasteiger partial charge >= 0.3 is 0 Å². The number of rotatable bonds is 5. The number of nitrogens with two attached hydrogens (primary N) is 1. The van der Waals surface area contributed by atoms with Gasteiger partial charge in [-0.15, -0.1) is 0 Å². The summed E-state index contributed by atoms with van der Waals surface area (Å²) >= 11 is 0. The first kappa shape index (κ1) is 17.9. The summed E-state index contributed by atoms with van der Waals surface area (Å²) in [6.07, 6.45) is 1.74. The molecule has 0 aliphatic heterocycles. The highest BCUT2D eigenvalue weighted by Crippen LogP contribution is 2.37. The largest absolute Gasteiger partial charge is 0.494 e. The number of nitrogens with zero attached hydrogens (tertiary/aromatic N) is 2. The summed E-state index contributed by atoms with van der Waals surface area (Å²) in [4.78, 5) is 9.10. The summed E-state index contributed by atoms with van der Waals surface area (Å²) in [5.74, 6) is 2.50. The Balaban J connectivity index is 1.97. The fourth-order valence-corrected chi connectivity index (χ4v) is 3.32. The van der Waals surface area contributed by atoms with Gasteiger partial charge in [-0.05, 0) is 36.6 Å². The average Bonchev–Trinajstić information content (AvgIpc) is 2.72. The molecule has 4 rings (SSSR count). The second-order valence-corrected chi connectivity index (χ2v) is 6.30. The zero-order valence-electron chi connectivity index (χ0n) is 16.0. The van der Waals surface area contributed by atoms with Gasteiger partial charge < -0.3 is 19.9 Å². The third-order valence-corrected chi connectivity index (χ3v) is 4.65. The Hall–Kier alpha value is -3.54. The maximum atomic E-state index is 6.27. The molecule has 2 heterocycles. The Morgan fingerprint density at radius 1 is 0.929 bits per heavy atom. The van der Waals surface area contributed by atoms with E-state index >= 15 is 0 Å². The van der Waals surface area contributed by atoms with Crippen molar-refractivity contribution in [3.8, 4) is 28.5 Å². The van der Waals surface area contributed by atoms with Crippen LogP contribution in [0.4, 0.5) is 5.82 Å². The van der Waals surface area contributed by atoms with Crippen molar-refractivity contribution >= 4 is 27.5 Å². The molecule has 6 nitrogen and oxygen atoms in total. The molecule has 0 atom stereocenters. The van der Waals surface area contributed by atoms with Crippen LogP contribution in [0, 0.1) is 0 Å². The number of methoxy groups -OCH3 is 2. The highest BCUT2D eigenvalue weighted by atomic mass is 16.5. The minimum atomic E-state index is 0.429. The molecule has 0 aliphatic rings. The first-order valence-corrected chi connectivity index (χ1v) is 8.98. The second kappa shape index (κ2) is 7.23. The first-order valence-electron chi connectivity index (χ1n) is 8.98. The number of benzene rings is 2. The quantitative estimate of drug-likeness (QED) is 0.519. The third kappa shape index (κ3) is 3.03. The van der Waals surface area contributed by atoms with Crippen molar-refractivity contribution < 1.29 is 14.2 Å². The molecule has 0 bridgehead atoms. The normalized spacial score (nSPS) is 11.0. The van der Waals surface area contributed by atoms with Crippen LogP contribution in [0.25, 0.3) is 32.9 Å². The molecular formula is C22H21N3O3. The van der Waals surface area contributed by atoms with Crippen LogP contribution in [0.15, 0.2) is 48.7 Å². The molecule has 2 aromatic carbocycles. The number of aromatic nitrogens is 2. The van der Waals surface area contributed by atoms with Crippen LogP contribution in [-0.2, 0) is 0 Å². The van der Waals surface area contributed by atoms with Crippen LogP contribution in [0.5, 0.6) is 17.2 Å². The van der Waals surface area contributed by atoms with E-state index < -0.39 is 0 Å². The van der Waals surface area contributed by atoms with Crippen LogP contribution in [0.2, 0.25) is 0 Å². The fraction of sp³-hybridized carbons (Fsp3) is 0.182. The summed E-state index contributed by atoms with van der Waals surface area (Å²) < 4.78 is 16.5. The van der Waals surface area contributed by atoms with Gasteiger partial charge in [0.25, 0.3) is 0 Å². The number of pyridine rings is 2. The van der Waals surface area contributed by atoms with E-state index in [0.717, 1.165) is 38.7 Å². The number of fused-ring (bicyclic) bond motifs is 3. The van der Waals surface area contributed by atoms with Crippen molar-refractivity contribution in [2.24, 2.45) is 0 Å². The van der Waals surface area contributed by atoms with Crippen LogP contribution in [0.1, 0.15) is 6.92 Å². The Kier molecular flexibility index (Phi) is 4.61. The van der Waals surface area contributed by atoms with Gasteiger partial charge in [-0.25, -0.2) is 4.98 Å². The summed E-state index contributed by atoms with van der Waals surface area (Å²) in [7, 11) is 3.22. The van der Waals surface area contributed by atoms with Gasteiger partial charge in [0, 0.05) is 28.6 Å². The molecule has 0 amide bonds. The third-order valence-electron chi connectivity index (χ3n) is 4.65. The Bertz CT molecular complexity index is 1170. The van der Waals surface area contributed by atoms with Gasteiger partial charge in [-0.3, -0.25) is 4.98 Å². The average molecular weight is 375 g/mol. The molecule has 28 heavy (non-hydrogen) atoms. The van der Waals surface area contributed by atoms with Crippen LogP contribution in [0.3, 0.4) is 0 Å². The van der Waals surface area contributed by atoms with E-state index in [2.05, 4.69) is 9.97 Å². The Labute approximate surface area is 162 Å². The van der Waals surface area contributed by atoms with E-state index in [-0.39, 0.29) is 0 Å². The van der Waals surface area contributed by atoms with Crippen molar-refractivity contribution in [1.29, 1.82) is 0 Å². The van der Waals surface area contributed by atoms with Crippen LogP contribution >= 0.6 is 0 Å². The standard InChI is InChI=1S/C22H21N3O3/c1-4-28-14-7-5-6-13(8-14)18-9-15-16-10-20(26-2)21(27-3)11-19(16)24-12-17(15)22(23)25-18/h5-12H,4H2,1-3H3,(H2,23,25). The predicted octanol–water partition coefficient (Wildman–Crippen LogP) is 4.45. The summed E-state index contributed by atoms with van der Waals surface area (Å²) in [6.45, 7) is 2.56. The van der Waals surface area contributed by atoms with E-state index in [4.69, 9.17) is 19.9 Å². The lowest BCUT2D eigenvalue weighted by atomic mass is 10.0. The van der Waals surface area contributed by atoms with Gasteiger partial charge in [0.15, 0.2) is 11.5 Å². The lowest BCUT2D eigenvalue weighted by molar-refractivity contribution is 0.340. The summed E-state index contributed by atoms with van der Waals surface area (Å²) in [5.41, 5.74) is 8.77.